The van der Waals surface area contributed by atoms with Crippen molar-refractivity contribution in [1.29, 1.82) is 0 Å². The lowest BCUT2D eigenvalue weighted by atomic mass is 9.37. The first-order valence-electron chi connectivity index (χ1n) is 15.3. The molecule has 1 aromatic carbocycles. The number of aromatic carboxylic acids is 1. The van der Waals surface area contributed by atoms with E-state index in [-0.39, 0.29) is 11.0 Å². The molecule has 5 aliphatic carbocycles. The zero-order chi connectivity index (χ0) is 26.9. The Morgan fingerprint density at radius 2 is 1.68 bits per heavy atom. The Bertz CT molecular complexity index is 1140. The number of fused-ring (bicyclic) bond motifs is 7. The summed E-state index contributed by atoms with van der Waals surface area (Å²) in [5, 5.41) is 13.1. The number of carboxylic acids is 1. The quantitative estimate of drug-likeness (QED) is 0.400. The van der Waals surface area contributed by atoms with Crippen molar-refractivity contribution in [1.82, 2.24) is 5.32 Å². The number of hydrogen-bond donors (Lipinski definition) is 2. The maximum absolute atomic E-state index is 11.4. The molecule has 0 aliphatic heterocycles. The lowest BCUT2D eigenvalue weighted by Gasteiger charge is -2.68. The van der Waals surface area contributed by atoms with Crippen LogP contribution in [0.2, 0.25) is 0 Å². The smallest absolute Gasteiger partial charge is 0.335 e. The molecule has 5 aliphatic rings. The van der Waals surface area contributed by atoms with Crippen LogP contribution >= 0.6 is 0 Å². The molecular weight excluding hydrogens is 470 g/mol. The third-order valence-electron chi connectivity index (χ3n) is 13.1. The Labute approximate surface area is 229 Å². The highest BCUT2D eigenvalue weighted by Gasteiger charge is 2.65. The zero-order valence-corrected chi connectivity index (χ0v) is 23.9. The highest BCUT2D eigenvalue weighted by atomic mass is 16.4. The van der Waals surface area contributed by atoms with Crippen LogP contribution in [0.5, 0.6) is 0 Å². The number of aldehydes is 1. The van der Waals surface area contributed by atoms with E-state index in [0.717, 1.165) is 36.4 Å². The maximum atomic E-state index is 11.4. The molecule has 0 radical (unpaired) electrons. The molecule has 4 fully saturated rings. The molecule has 0 saturated heterocycles. The fraction of sp³-hybridized carbons (Fsp3) is 0.706. The van der Waals surface area contributed by atoms with E-state index in [1.165, 1.54) is 68.9 Å². The summed E-state index contributed by atoms with van der Waals surface area (Å²) >= 11 is 0. The Morgan fingerprint density at radius 3 is 2.39 bits per heavy atom. The number of benzene rings is 1. The van der Waals surface area contributed by atoms with Crippen LogP contribution in [-0.4, -0.2) is 29.4 Å². The van der Waals surface area contributed by atoms with E-state index in [0.29, 0.717) is 28.9 Å². The number of nitrogens with one attached hydrogen (secondary N) is 1. The van der Waals surface area contributed by atoms with Crippen LogP contribution in [0.4, 0.5) is 0 Å². The Balaban J connectivity index is 1.29. The minimum Gasteiger partial charge on any atom is -0.478 e. The van der Waals surface area contributed by atoms with Gasteiger partial charge >= 0.3 is 5.97 Å². The van der Waals surface area contributed by atoms with Gasteiger partial charge in [-0.25, -0.2) is 4.79 Å². The largest absolute Gasteiger partial charge is 0.478 e. The van der Waals surface area contributed by atoms with Gasteiger partial charge in [-0.3, -0.25) is 0 Å². The molecule has 2 N–H and O–H groups in total. The van der Waals surface area contributed by atoms with Crippen LogP contribution in [0.3, 0.4) is 0 Å². The van der Waals surface area contributed by atoms with Crippen molar-refractivity contribution in [3.8, 4) is 0 Å². The minimum atomic E-state index is -0.861. The summed E-state index contributed by atoms with van der Waals surface area (Å²) in [5.41, 5.74) is 3.92. The van der Waals surface area contributed by atoms with Crippen molar-refractivity contribution >= 4 is 17.8 Å². The second-order valence-electron chi connectivity index (χ2n) is 14.7. The normalized spacial score (nSPS) is 43.2. The molecule has 38 heavy (non-hydrogen) atoms. The molecule has 0 spiro atoms. The average Bonchev–Trinajstić information content (AvgIpc) is 3.32. The van der Waals surface area contributed by atoms with Gasteiger partial charge < -0.3 is 15.2 Å². The van der Waals surface area contributed by atoms with Gasteiger partial charge in [0.1, 0.15) is 6.29 Å². The number of carbonyl (C=O) groups excluding carboxylic acids is 1. The van der Waals surface area contributed by atoms with Gasteiger partial charge in [0.25, 0.3) is 0 Å². The second-order valence-corrected chi connectivity index (χ2v) is 14.7. The number of carbonyl (C=O) groups is 2. The van der Waals surface area contributed by atoms with Gasteiger partial charge in [-0.1, -0.05) is 52.3 Å². The molecule has 0 heterocycles. The van der Waals surface area contributed by atoms with Crippen LogP contribution < -0.4 is 5.32 Å². The molecule has 4 nitrogen and oxygen atoms in total. The summed E-state index contributed by atoms with van der Waals surface area (Å²) in [6, 6.07) is 7.56. The zero-order valence-electron chi connectivity index (χ0n) is 23.9. The first-order chi connectivity index (χ1) is 18.1. The number of hydrogen-bond acceptors (Lipinski definition) is 3. The molecular formula is C34H47NO3. The SMILES string of the molecule is CC1(C)C(c2ccc(C(=O)O)cc2)=CCC2(C)C1CCC1(C)C3CCC4(NCC=O)CCCC4C3CCC12. The van der Waals surface area contributed by atoms with Gasteiger partial charge in [0.15, 0.2) is 0 Å². The number of allylic oxidation sites excluding steroid dienone is 2. The van der Waals surface area contributed by atoms with Gasteiger partial charge in [-0.2, -0.15) is 0 Å². The summed E-state index contributed by atoms with van der Waals surface area (Å²) in [6.45, 7) is 10.7. The van der Waals surface area contributed by atoms with Crippen LogP contribution in [0, 0.1) is 45.8 Å². The van der Waals surface area contributed by atoms with Crippen molar-refractivity contribution in [2.45, 2.75) is 97.4 Å². The molecule has 8 atom stereocenters. The third kappa shape index (κ3) is 3.64. The van der Waals surface area contributed by atoms with E-state index in [1.54, 1.807) is 12.1 Å². The van der Waals surface area contributed by atoms with Crippen molar-refractivity contribution < 1.29 is 14.7 Å². The van der Waals surface area contributed by atoms with E-state index >= 15 is 0 Å². The molecule has 0 aromatic heterocycles. The first kappa shape index (κ1) is 26.3. The van der Waals surface area contributed by atoms with E-state index in [9.17, 15) is 14.7 Å². The third-order valence-corrected chi connectivity index (χ3v) is 13.1. The van der Waals surface area contributed by atoms with Crippen LogP contribution in [0.1, 0.15) is 108 Å². The maximum Gasteiger partial charge on any atom is 0.335 e. The van der Waals surface area contributed by atoms with Crippen molar-refractivity contribution in [2.24, 2.45) is 45.8 Å². The molecule has 1 aromatic rings. The molecule has 4 saturated carbocycles. The molecule has 6 rings (SSSR count). The van der Waals surface area contributed by atoms with Gasteiger partial charge in [-0.15, -0.1) is 0 Å². The van der Waals surface area contributed by atoms with E-state index in [1.807, 2.05) is 12.1 Å². The Hall–Kier alpha value is -1.94. The van der Waals surface area contributed by atoms with Crippen molar-refractivity contribution in [2.75, 3.05) is 6.54 Å². The van der Waals surface area contributed by atoms with E-state index < -0.39 is 5.97 Å². The molecule has 4 heteroatoms. The highest BCUT2D eigenvalue weighted by molar-refractivity contribution is 5.88. The predicted octanol–water partition coefficient (Wildman–Crippen LogP) is 7.38. The van der Waals surface area contributed by atoms with Crippen molar-refractivity contribution in [3.63, 3.8) is 0 Å². The molecule has 206 valence electrons. The topological polar surface area (TPSA) is 66.4 Å². The lowest BCUT2D eigenvalue weighted by Crippen LogP contribution is -2.63. The summed E-state index contributed by atoms with van der Waals surface area (Å²) in [4.78, 5) is 22.6. The van der Waals surface area contributed by atoms with Gasteiger partial charge in [-0.05, 0) is 127 Å². The highest BCUT2D eigenvalue weighted by Crippen LogP contribution is 2.72. The average molecular weight is 518 g/mol. The Morgan fingerprint density at radius 1 is 0.921 bits per heavy atom. The van der Waals surface area contributed by atoms with Gasteiger partial charge in [0.05, 0.1) is 12.1 Å². The van der Waals surface area contributed by atoms with E-state index in [4.69, 9.17) is 0 Å². The number of carboxylic acid groups (broad SMARTS) is 1. The minimum absolute atomic E-state index is 0.0574. The summed E-state index contributed by atoms with van der Waals surface area (Å²) < 4.78 is 0. The van der Waals surface area contributed by atoms with Crippen LogP contribution in [0.25, 0.3) is 5.57 Å². The van der Waals surface area contributed by atoms with Gasteiger partial charge in [0.2, 0.25) is 0 Å². The molecule has 0 bridgehead atoms. The summed E-state index contributed by atoms with van der Waals surface area (Å²) in [6.07, 6.45) is 16.5. The van der Waals surface area contributed by atoms with Crippen LogP contribution in [0.15, 0.2) is 30.3 Å². The molecule has 8 unspecified atom stereocenters. The number of rotatable bonds is 5. The fourth-order valence-electron chi connectivity index (χ4n) is 11.7. The first-order valence-corrected chi connectivity index (χ1v) is 15.3. The van der Waals surface area contributed by atoms with Gasteiger partial charge in [0, 0.05) is 5.54 Å². The molecule has 0 amide bonds. The monoisotopic (exact) mass is 517 g/mol. The van der Waals surface area contributed by atoms with E-state index in [2.05, 4.69) is 39.1 Å². The van der Waals surface area contributed by atoms with Crippen molar-refractivity contribution in [3.05, 3.63) is 41.5 Å². The fourth-order valence-corrected chi connectivity index (χ4v) is 11.7. The second kappa shape index (κ2) is 9.04. The summed E-state index contributed by atoms with van der Waals surface area (Å²) in [7, 11) is 0. The predicted molar refractivity (Wildman–Crippen MR) is 152 cm³/mol. The van der Waals surface area contributed by atoms with Crippen LogP contribution in [-0.2, 0) is 4.79 Å². The lowest BCUT2D eigenvalue weighted by molar-refractivity contribution is -0.172. The Kier molecular flexibility index (Phi) is 6.26. The standard InChI is InChI=1S/C34H47NO3/c1-31(2)25(22-7-9-23(10-8-22)30(37)38)13-17-33(4)28(31)15-18-32(3)26-14-19-34(35-20-21-36)16-5-6-27(34)24(26)11-12-29(32)33/h7-10,13,21,24,26-29,35H,5-6,11-12,14-20H2,1-4H3,(H,37,38). The summed E-state index contributed by atoms with van der Waals surface area (Å²) in [5.74, 6) is 2.88.